The van der Waals surface area contributed by atoms with Gasteiger partial charge in [0.25, 0.3) is 0 Å². The lowest BCUT2D eigenvalue weighted by Gasteiger charge is -2.35. The highest BCUT2D eigenvalue weighted by molar-refractivity contribution is 7.43. The third kappa shape index (κ3) is 4.83. The molecule has 1 N–H and O–H groups in total. The standard InChI is InChI=1S/C6H19N4O2P/c1-7(2)10(8(3)4)13(11)12-9(5)6/h11H,1-6H3. The second-order valence-electron chi connectivity index (χ2n) is 3.11. The van der Waals surface area contributed by atoms with Crippen molar-refractivity contribution in [3.8, 4) is 0 Å². The summed E-state index contributed by atoms with van der Waals surface area (Å²) in [5.74, 6) is 0. The molecule has 0 saturated carbocycles. The van der Waals surface area contributed by atoms with Crippen molar-refractivity contribution in [1.29, 1.82) is 0 Å². The quantitative estimate of drug-likeness (QED) is 0.507. The minimum Gasteiger partial charge on any atom is -0.335 e. The minimum absolute atomic E-state index is 1.48. The van der Waals surface area contributed by atoms with E-state index in [-0.39, 0.29) is 0 Å². The summed E-state index contributed by atoms with van der Waals surface area (Å²) in [6, 6.07) is 0. The highest BCUT2D eigenvalue weighted by atomic mass is 31.2. The second-order valence-corrected chi connectivity index (χ2v) is 4.14. The number of hydrogen-bond donors (Lipinski definition) is 1. The summed E-state index contributed by atoms with van der Waals surface area (Å²) in [6.45, 7) is 0. The fourth-order valence-electron chi connectivity index (χ4n) is 0.843. The first-order valence-electron chi connectivity index (χ1n) is 3.85. The summed E-state index contributed by atoms with van der Waals surface area (Å²) in [7, 11) is 9.16. The predicted molar refractivity (Wildman–Crippen MR) is 53.1 cm³/mol. The van der Waals surface area contributed by atoms with Crippen molar-refractivity contribution in [2.45, 2.75) is 0 Å². The zero-order chi connectivity index (χ0) is 10.6. The van der Waals surface area contributed by atoms with Crippen LogP contribution in [0.4, 0.5) is 0 Å². The molecule has 7 heteroatoms. The van der Waals surface area contributed by atoms with Crippen molar-refractivity contribution >= 4 is 8.53 Å². The second kappa shape index (κ2) is 5.82. The van der Waals surface area contributed by atoms with E-state index in [1.54, 1.807) is 29.0 Å². The van der Waals surface area contributed by atoms with Gasteiger partial charge in [0.2, 0.25) is 0 Å². The number of rotatable bonds is 5. The third-order valence-electron chi connectivity index (χ3n) is 1.10. The van der Waals surface area contributed by atoms with Gasteiger partial charge in [-0.25, -0.2) is 14.6 Å². The third-order valence-corrected chi connectivity index (χ3v) is 2.60. The van der Waals surface area contributed by atoms with Crippen LogP contribution < -0.4 is 0 Å². The molecule has 0 saturated heterocycles. The minimum atomic E-state index is -1.65. The summed E-state index contributed by atoms with van der Waals surface area (Å²) in [5, 5.41) is 5.00. The van der Waals surface area contributed by atoms with Gasteiger partial charge < -0.3 is 4.89 Å². The largest absolute Gasteiger partial charge is 0.335 e. The van der Waals surface area contributed by atoms with Gasteiger partial charge in [-0.2, -0.15) is 5.06 Å². The number of hydrogen-bond acceptors (Lipinski definition) is 6. The first-order chi connectivity index (χ1) is 5.86. The molecule has 0 bridgehead atoms. The van der Waals surface area contributed by atoms with E-state index in [0.29, 0.717) is 0 Å². The van der Waals surface area contributed by atoms with Crippen LogP contribution in [0.2, 0.25) is 0 Å². The molecule has 0 aliphatic rings. The molecule has 0 radical (unpaired) electrons. The lowest BCUT2D eigenvalue weighted by atomic mass is 11.1. The molecule has 0 rings (SSSR count). The first kappa shape index (κ1) is 13.2. The Labute approximate surface area is 81.1 Å². The molecule has 0 amide bonds. The molecular weight excluding hydrogens is 191 g/mol. The lowest BCUT2D eigenvalue weighted by molar-refractivity contribution is -0.0940. The van der Waals surface area contributed by atoms with Crippen LogP contribution in [0.5, 0.6) is 0 Å². The Kier molecular flexibility index (Phi) is 5.91. The Bertz CT molecular complexity index is 137. The molecule has 0 aromatic rings. The molecule has 1 atom stereocenters. The Morgan fingerprint density at radius 2 is 1.31 bits per heavy atom. The van der Waals surface area contributed by atoms with Gasteiger partial charge in [-0.3, -0.25) is 0 Å². The number of hydrazine groups is 2. The topological polar surface area (TPSA) is 42.4 Å². The van der Waals surface area contributed by atoms with Gasteiger partial charge in [-0.15, -0.1) is 4.89 Å². The van der Waals surface area contributed by atoms with Crippen molar-refractivity contribution in [3.05, 3.63) is 0 Å². The van der Waals surface area contributed by atoms with Crippen molar-refractivity contribution < 1.29 is 9.52 Å². The van der Waals surface area contributed by atoms with Crippen LogP contribution in [-0.4, -0.2) is 67.1 Å². The van der Waals surface area contributed by atoms with E-state index in [1.165, 1.54) is 5.06 Å². The normalized spacial score (nSPS) is 15.0. The van der Waals surface area contributed by atoms with E-state index >= 15 is 0 Å². The average Bonchev–Trinajstić information content (AvgIpc) is 1.81. The first-order valence-corrected chi connectivity index (χ1v) is 5.01. The maximum atomic E-state index is 9.66. The highest BCUT2D eigenvalue weighted by Crippen LogP contribution is 2.37. The molecule has 0 heterocycles. The van der Waals surface area contributed by atoms with Gasteiger partial charge in [0.05, 0.1) is 0 Å². The Morgan fingerprint density at radius 1 is 0.923 bits per heavy atom. The lowest BCUT2D eigenvalue weighted by Crippen LogP contribution is -2.43. The fraction of sp³-hybridized carbons (Fsp3) is 1.00. The van der Waals surface area contributed by atoms with Crippen LogP contribution in [0.25, 0.3) is 0 Å². The molecule has 0 aromatic heterocycles. The van der Waals surface area contributed by atoms with Crippen LogP contribution >= 0.6 is 8.53 Å². The molecular formula is C6H19N4O2P. The summed E-state index contributed by atoms with van der Waals surface area (Å²) in [5.41, 5.74) is 0. The van der Waals surface area contributed by atoms with Crippen LogP contribution in [-0.2, 0) is 4.62 Å². The molecule has 0 aliphatic carbocycles. The smallest absolute Gasteiger partial charge is 0.304 e. The Balaban J connectivity index is 4.20. The van der Waals surface area contributed by atoms with E-state index < -0.39 is 8.53 Å². The van der Waals surface area contributed by atoms with Crippen molar-refractivity contribution in [2.24, 2.45) is 0 Å². The SMILES string of the molecule is CN(C)OP(O)N(N(C)C)N(C)C. The van der Waals surface area contributed by atoms with E-state index in [2.05, 4.69) is 0 Å². The summed E-state index contributed by atoms with van der Waals surface area (Å²) in [4.78, 5) is 11.3. The van der Waals surface area contributed by atoms with Gasteiger partial charge >= 0.3 is 8.53 Å². The van der Waals surface area contributed by atoms with E-state index in [1.807, 2.05) is 28.2 Å². The van der Waals surface area contributed by atoms with Gasteiger partial charge in [-0.1, -0.05) is 0 Å². The summed E-state index contributed by atoms with van der Waals surface area (Å²) >= 11 is 0. The average molecular weight is 210 g/mol. The van der Waals surface area contributed by atoms with Crippen LogP contribution in [0.3, 0.4) is 0 Å². The van der Waals surface area contributed by atoms with Crippen LogP contribution in [0, 0.1) is 0 Å². The maximum absolute atomic E-state index is 9.66. The zero-order valence-corrected chi connectivity index (χ0v) is 9.99. The number of hydroxylamine groups is 2. The summed E-state index contributed by atoms with van der Waals surface area (Å²) in [6.07, 6.45) is 0. The van der Waals surface area contributed by atoms with E-state index in [9.17, 15) is 4.89 Å². The predicted octanol–water partition coefficient (Wildman–Crippen LogP) is -0.0460. The van der Waals surface area contributed by atoms with Crippen LogP contribution in [0.1, 0.15) is 0 Å². The van der Waals surface area contributed by atoms with E-state index in [0.717, 1.165) is 0 Å². The molecule has 80 valence electrons. The monoisotopic (exact) mass is 210 g/mol. The van der Waals surface area contributed by atoms with Gasteiger partial charge in [0, 0.05) is 42.3 Å². The molecule has 0 spiro atoms. The molecule has 0 aliphatic heterocycles. The highest BCUT2D eigenvalue weighted by Gasteiger charge is 2.23. The maximum Gasteiger partial charge on any atom is 0.304 e. The Morgan fingerprint density at radius 3 is 1.54 bits per heavy atom. The molecule has 0 aromatic carbocycles. The van der Waals surface area contributed by atoms with E-state index in [4.69, 9.17) is 4.62 Å². The fourth-order valence-corrected chi connectivity index (χ4v) is 1.81. The van der Waals surface area contributed by atoms with Crippen LogP contribution in [0.15, 0.2) is 0 Å². The summed E-state index contributed by atoms with van der Waals surface area (Å²) < 4.78 is 5.13. The van der Waals surface area contributed by atoms with Crippen molar-refractivity contribution in [3.63, 3.8) is 0 Å². The molecule has 6 nitrogen and oxygen atoms in total. The zero-order valence-electron chi connectivity index (χ0n) is 9.09. The van der Waals surface area contributed by atoms with Crippen molar-refractivity contribution in [1.82, 2.24) is 20.0 Å². The molecule has 0 fully saturated rings. The van der Waals surface area contributed by atoms with Gasteiger partial charge in [-0.05, 0) is 0 Å². The Hall–Kier alpha value is 0.190. The number of nitrogens with zero attached hydrogens (tertiary/aromatic N) is 4. The molecule has 1 unspecified atom stereocenters. The van der Waals surface area contributed by atoms with Gasteiger partial charge in [0.15, 0.2) is 0 Å². The molecule has 13 heavy (non-hydrogen) atoms. The van der Waals surface area contributed by atoms with Crippen molar-refractivity contribution in [2.75, 3.05) is 42.3 Å². The van der Waals surface area contributed by atoms with Gasteiger partial charge in [0.1, 0.15) is 0 Å².